The molecule has 0 spiro atoms. The fourth-order valence-corrected chi connectivity index (χ4v) is 2.30. The van der Waals surface area contributed by atoms with Gasteiger partial charge in [-0.25, -0.2) is 4.79 Å². The van der Waals surface area contributed by atoms with Crippen molar-refractivity contribution in [2.45, 2.75) is 46.3 Å². The van der Waals surface area contributed by atoms with Crippen molar-refractivity contribution < 1.29 is 18.7 Å². The van der Waals surface area contributed by atoms with Crippen LogP contribution in [0.5, 0.6) is 0 Å². The first-order chi connectivity index (χ1) is 11.7. The second kappa shape index (κ2) is 7.59. The van der Waals surface area contributed by atoms with Crippen molar-refractivity contribution in [3.8, 4) is 0 Å². The van der Waals surface area contributed by atoms with Gasteiger partial charge in [-0.3, -0.25) is 4.79 Å². The summed E-state index contributed by atoms with van der Waals surface area (Å²) in [6, 6.07) is 8.90. The Hall–Kier alpha value is -2.50. The highest BCUT2D eigenvalue weighted by Crippen LogP contribution is 2.18. The Morgan fingerprint density at radius 3 is 2.48 bits per heavy atom. The number of rotatable bonds is 5. The number of alkyl carbamates (subject to hydrolysis) is 1. The van der Waals surface area contributed by atoms with Gasteiger partial charge in [0.05, 0.1) is 6.04 Å². The van der Waals surface area contributed by atoms with Crippen LogP contribution in [0.15, 0.2) is 34.7 Å². The van der Waals surface area contributed by atoms with E-state index in [9.17, 15) is 9.59 Å². The van der Waals surface area contributed by atoms with E-state index in [-0.39, 0.29) is 30.2 Å². The van der Waals surface area contributed by atoms with Gasteiger partial charge >= 0.3 is 6.09 Å². The van der Waals surface area contributed by atoms with Crippen LogP contribution in [0.25, 0.3) is 11.0 Å². The molecule has 2 rings (SSSR count). The van der Waals surface area contributed by atoms with Gasteiger partial charge in [0.15, 0.2) is 5.76 Å². The lowest BCUT2D eigenvalue weighted by molar-refractivity contribution is 0.0487. The van der Waals surface area contributed by atoms with Crippen LogP contribution in [0.3, 0.4) is 0 Å². The summed E-state index contributed by atoms with van der Waals surface area (Å²) in [5.41, 5.74) is 0.100. The van der Waals surface area contributed by atoms with Crippen LogP contribution in [0.2, 0.25) is 0 Å². The smallest absolute Gasteiger partial charge is 0.407 e. The van der Waals surface area contributed by atoms with Crippen molar-refractivity contribution in [1.82, 2.24) is 10.6 Å². The topological polar surface area (TPSA) is 80.6 Å². The summed E-state index contributed by atoms with van der Waals surface area (Å²) in [7, 11) is 0. The summed E-state index contributed by atoms with van der Waals surface area (Å²) in [4.78, 5) is 24.2. The van der Waals surface area contributed by atoms with Crippen LogP contribution in [-0.4, -0.2) is 30.2 Å². The second-order valence-electron chi connectivity index (χ2n) is 7.36. The summed E-state index contributed by atoms with van der Waals surface area (Å²) in [5, 5.41) is 6.48. The van der Waals surface area contributed by atoms with Gasteiger partial charge in [-0.05, 0) is 38.8 Å². The molecule has 0 radical (unpaired) electrons. The molecule has 2 amide bonds. The zero-order valence-electron chi connectivity index (χ0n) is 15.4. The average molecular weight is 346 g/mol. The predicted octanol–water partition coefficient (Wildman–Crippen LogP) is 3.71. The van der Waals surface area contributed by atoms with Crippen LogP contribution < -0.4 is 10.6 Å². The number of carbonyl (C=O) groups is 2. The van der Waals surface area contributed by atoms with E-state index in [0.29, 0.717) is 5.58 Å². The van der Waals surface area contributed by atoms with Gasteiger partial charge in [0.2, 0.25) is 0 Å². The van der Waals surface area contributed by atoms with E-state index in [4.69, 9.17) is 9.15 Å². The molecule has 1 atom stereocenters. The quantitative estimate of drug-likeness (QED) is 0.865. The highest BCUT2D eigenvalue weighted by Gasteiger charge is 2.22. The number of benzene rings is 1. The number of carbonyl (C=O) groups excluding carboxylic acids is 2. The van der Waals surface area contributed by atoms with Crippen LogP contribution in [0.1, 0.15) is 45.2 Å². The summed E-state index contributed by atoms with van der Waals surface area (Å²) in [5.74, 6) is 0.0669. The second-order valence-corrected chi connectivity index (χ2v) is 7.36. The van der Waals surface area contributed by atoms with Crippen molar-refractivity contribution in [3.05, 3.63) is 36.1 Å². The zero-order valence-corrected chi connectivity index (χ0v) is 15.4. The number of hydrogen-bond donors (Lipinski definition) is 2. The first kappa shape index (κ1) is 18.8. The largest absolute Gasteiger partial charge is 0.451 e. The van der Waals surface area contributed by atoms with Crippen LogP contribution in [-0.2, 0) is 4.74 Å². The Balaban J connectivity index is 1.95. The summed E-state index contributed by atoms with van der Waals surface area (Å²) >= 11 is 0. The minimum atomic E-state index is -0.566. The van der Waals surface area contributed by atoms with E-state index >= 15 is 0 Å². The molecular weight excluding hydrogens is 320 g/mol. The molecule has 2 N–H and O–H groups in total. The van der Waals surface area contributed by atoms with E-state index in [1.165, 1.54) is 0 Å². The molecule has 0 unspecified atom stereocenters. The van der Waals surface area contributed by atoms with Crippen molar-refractivity contribution in [2.24, 2.45) is 5.92 Å². The molecule has 1 aromatic carbocycles. The van der Waals surface area contributed by atoms with Gasteiger partial charge in [0.1, 0.15) is 11.2 Å². The Morgan fingerprint density at radius 2 is 1.88 bits per heavy atom. The molecule has 0 fully saturated rings. The lowest BCUT2D eigenvalue weighted by Crippen LogP contribution is -2.48. The molecular formula is C19H26N2O4. The molecule has 2 aromatic rings. The maximum atomic E-state index is 12.3. The molecule has 25 heavy (non-hydrogen) atoms. The van der Waals surface area contributed by atoms with Gasteiger partial charge in [-0.1, -0.05) is 32.0 Å². The molecule has 0 saturated carbocycles. The number of furan rings is 1. The maximum absolute atomic E-state index is 12.3. The first-order valence-corrected chi connectivity index (χ1v) is 8.42. The summed E-state index contributed by atoms with van der Waals surface area (Å²) in [6.07, 6.45) is -0.496. The monoisotopic (exact) mass is 346 g/mol. The lowest BCUT2D eigenvalue weighted by atomic mass is 10.0. The van der Waals surface area contributed by atoms with Crippen molar-refractivity contribution in [2.75, 3.05) is 6.54 Å². The standard InChI is InChI=1S/C19H26N2O4/c1-12(2)14(21-18(23)25-19(3,4)5)11-20-17(22)16-10-13-8-6-7-9-15(13)24-16/h6-10,12,14H,11H2,1-5H3,(H,20,22)(H,21,23)/t14-/m1/s1. The molecule has 1 heterocycles. The molecule has 136 valence electrons. The molecule has 0 saturated heterocycles. The van der Waals surface area contributed by atoms with Crippen molar-refractivity contribution in [1.29, 1.82) is 0 Å². The number of ether oxygens (including phenoxy) is 1. The highest BCUT2D eigenvalue weighted by atomic mass is 16.6. The van der Waals surface area contributed by atoms with Gasteiger partial charge < -0.3 is 19.8 Å². The number of fused-ring (bicyclic) bond motifs is 1. The molecule has 0 bridgehead atoms. The van der Waals surface area contributed by atoms with E-state index in [2.05, 4.69) is 10.6 Å². The minimum Gasteiger partial charge on any atom is -0.451 e. The Bertz CT molecular complexity index is 710. The Kier molecular flexibility index (Phi) is 5.72. The predicted molar refractivity (Wildman–Crippen MR) is 96.5 cm³/mol. The van der Waals surface area contributed by atoms with E-state index < -0.39 is 11.7 Å². The third-order valence-corrected chi connectivity index (χ3v) is 3.64. The number of hydrogen-bond acceptors (Lipinski definition) is 4. The van der Waals surface area contributed by atoms with E-state index in [1.807, 2.05) is 38.1 Å². The zero-order chi connectivity index (χ0) is 18.6. The fourth-order valence-electron chi connectivity index (χ4n) is 2.30. The Morgan fingerprint density at radius 1 is 1.20 bits per heavy atom. The maximum Gasteiger partial charge on any atom is 0.407 e. The van der Waals surface area contributed by atoms with Gasteiger partial charge in [-0.15, -0.1) is 0 Å². The molecule has 0 aliphatic carbocycles. The summed E-state index contributed by atoms with van der Waals surface area (Å²) < 4.78 is 10.8. The molecule has 6 nitrogen and oxygen atoms in total. The average Bonchev–Trinajstić information content (AvgIpc) is 2.93. The SMILES string of the molecule is CC(C)[C@@H](CNC(=O)c1cc2ccccc2o1)NC(=O)OC(C)(C)C. The third-order valence-electron chi connectivity index (χ3n) is 3.64. The lowest BCUT2D eigenvalue weighted by Gasteiger charge is -2.25. The minimum absolute atomic E-state index is 0.128. The highest BCUT2D eigenvalue weighted by molar-refractivity contribution is 5.96. The molecule has 0 aliphatic rings. The first-order valence-electron chi connectivity index (χ1n) is 8.42. The van der Waals surface area contributed by atoms with Crippen LogP contribution >= 0.6 is 0 Å². The van der Waals surface area contributed by atoms with Crippen LogP contribution in [0.4, 0.5) is 4.79 Å². The molecule has 1 aromatic heterocycles. The summed E-state index contributed by atoms with van der Waals surface area (Å²) in [6.45, 7) is 9.64. The van der Waals surface area contributed by atoms with Crippen molar-refractivity contribution >= 4 is 23.0 Å². The molecule has 6 heteroatoms. The van der Waals surface area contributed by atoms with Gasteiger partial charge in [0.25, 0.3) is 5.91 Å². The molecule has 0 aliphatic heterocycles. The number of para-hydroxylation sites is 1. The van der Waals surface area contributed by atoms with E-state index in [1.54, 1.807) is 26.8 Å². The van der Waals surface area contributed by atoms with Crippen LogP contribution in [0, 0.1) is 5.92 Å². The fraction of sp³-hybridized carbons (Fsp3) is 0.474. The Labute approximate surface area is 147 Å². The normalized spacial score (nSPS) is 12.9. The number of amides is 2. The van der Waals surface area contributed by atoms with Crippen molar-refractivity contribution in [3.63, 3.8) is 0 Å². The number of nitrogens with one attached hydrogen (secondary N) is 2. The van der Waals surface area contributed by atoms with E-state index in [0.717, 1.165) is 5.39 Å². The van der Waals surface area contributed by atoms with Gasteiger partial charge in [0, 0.05) is 11.9 Å². The van der Waals surface area contributed by atoms with Gasteiger partial charge in [-0.2, -0.15) is 0 Å². The third kappa shape index (κ3) is 5.52.